The molecule has 0 heterocycles. The average Bonchev–Trinajstić information content (AvgIpc) is 2.48. The van der Waals surface area contributed by atoms with Gasteiger partial charge < -0.3 is 26.8 Å². The van der Waals surface area contributed by atoms with E-state index in [9.17, 15) is 14.4 Å². The predicted octanol–water partition coefficient (Wildman–Crippen LogP) is 1.16. The number of hydrogen-bond donors (Lipinski definition) is 5. The van der Waals surface area contributed by atoms with Crippen molar-refractivity contribution in [2.24, 2.45) is 11.1 Å². The molecule has 25 heavy (non-hydrogen) atoms. The summed E-state index contributed by atoms with van der Waals surface area (Å²) < 4.78 is 0. The summed E-state index contributed by atoms with van der Waals surface area (Å²) in [5, 5.41) is 16.9. The third kappa shape index (κ3) is 4.01. The summed E-state index contributed by atoms with van der Waals surface area (Å²) in [5.41, 5.74) is 6.70. The third-order valence-corrected chi connectivity index (χ3v) is 5.07. The Kier molecular flexibility index (Phi) is 4.52. The number of nitrogens with two attached hydrogens (primary N) is 1. The second-order valence-electron chi connectivity index (χ2n) is 7.05. The van der Waals surface area contributed by atoms with E-state index < -0.39 is 12.0 Å². The molecule has 2 saturated carbocycles. The zero-order valence-corrected chi connectivity index (χ0v) is 13.7. The minimum atomic E-state index is -0.975. The van der Waals surface area contributed by atoms with Gasteiger partial charge in [0.05, 0.1) is 0 Å². The number of rotatable bonds is 5. The number of urea groups is 1. The Morgan fingerprint density at radius 2 is 1.60 bits per heavy atom. The molecule has 2 aliphatic rings. The number of amides is 4. The molecule has 1 spiro atoms. The molecule has 0 radical (unpaired) electrons. The maximum absolute atomic E-state index is 11.9. The van der Waals surface area contributed by atoms with E-state index in [-0.39, 0.29) is 23.5 Å². The second kappa shape index (κ2) is 6.62. The normalized spacial score (nSPS) is 26.9. The van der Waals surface area contributed by atoms with Gasteiger partial charge >= 0.3 is 12.1 Å². The van der Waals surface area contributed by atoms with Crippen LogP contribution < -0.4 is 21.7 Å². The Bertz CT molecular complexity index is 674. The molecule has 0 saturated heterocycles. The van der Waals surface area contributed by atoms with Gasteiger partial charge in [-0.1, -0.05) is 12.1 Å². The van der Waals surface area contributed by atoms with Crippen molar-refractivity contribution < 1.29 is 19.5 Å². The first-order chi connectivity index (χ1) is 11.8. The Morgan fingerprint density at radius 3 is 2.12 bits per heavy atom. The summed E-state index contributed by atoms with van der Waals surface area (Å²) in [6, 6.07) is 6.73. The second-order valence-corrected chi connectivity index (χ2v) is 7.05. The lowest BCUT2D eigenvalue weighted by Crippen LogP contribution is -2.61. The predicted molar refractivity (Wildman–Crippen MR) is 90.0 cm³/mol. The van der Waals surface area contributed by atoms with Crippen molar-refractivity contribution in [2.45, 2.75) is 44.3 Å². The lowest BCUT2D eigenvalue weighted by Gasteiger charge is -2.57. The zero-order valence-electron chi connectivity index (χ0n) is 13.7. The highest BCUT2D eigenvalue weighted by molar-refractivity contribution is 5.92. The fraction of sp³-hybridized carbons (Fsp3) is 0.471. The molecule has 8 nitrogen and oxygen atoms in total. The van der Waals surface area contributed by atoms with Crippen molar-refractivity contribution in [1.29, 1.82) is 0 Å². The fourth-order valence-corrected chi connectivity index (χ4v) is 3.89. The number of benzene rings is 1. The lowest BCUT2D eigenvalue weighted by molar-refractivity contribution is -0.0237. The molecule has 0 aliphatic heterocycles. The van der Waals surface area contributed by atoms with Crippen LogP contribution in [-0.2, 0) is 6.54 Å². The standard InChI is InChI=1S/C17H22N4O4/c18-14(22)11-3-1-10(2-4-11)9-19-15(23)20-12-5-17(6-12)7-13(8-17)21-16(24)25/h1-4,12-13,21H,5-9H2,(H2,18,22)(H,24,25)(H2,19,20,23). The van der Waals surface area contributed by atoms with Crippen LogP contribution in [-0.4, -0.2) is 35.2 Å². The number of hydrogen-bond acceptors (Lipinski definition) is 3. The van der Waals surface area contributed by atoms with E-state index >= 15 is 0 Å². The summed E-state index contributed by atoms with van der Waals surface area (Å²) in [4.78, 5) is 33.5. The molecule has 3 rings (SSSR count). The van der Waals surface area contributed by atoms with Crippen molar-refractivity contribution in [3.05, 3.63) is 35.4 Å². The summed E-state index contributed by atoms with van der Waals surface area (Å²) in [6.45, 7) is 0.368. The van der Waals surface area contributed by atoms with Crippen LogP contribution in [0, 0.1) is 5.41 Å². The van der Waals surface area contributed by atoms with Crippen molar-refractivity contribution in [2.75, 3.05) is 0 Å². The molecule has 0 atom stereocenters. The Balaban J connectivity index is 1.34. The quantitative estimate of drug-likeness (QED) is 0.547. The molecule has 2 fully saturated rings. The SMILES string of the molecule is NC(=O)c1ccc(CNC(=O)NC2CC3(CC(NC(=O)O)C3)C2)cc1. The van der Waals surface area contributed by atoms with Crippen molar-refractivity contribution in [1.82, 2.24) is 16.0 Å². The van der Waals surface area contributed by atoms with Gasteiger partial charge in [0.1, 0.15) is 0 Å². The van der Waals surface area contributed by atoms with Crippen LogP contribution in [0.4, 0.5) is 9.59 Å². The van der Waals surface area contributed by atoms with Crippen LogP contribution in [0.25, 0.3) is 0 Å². The van der Waals surface area contributed by atoms with Crippen molar-refractivity contribution in [3.63, 3.8) is 0 Å². The lowest BCUT2D eigenvalue weighted by atomic mass is 9.52. The monoisotopic (exact) mass is 346 g/mol. The van der Waals surface area contributed by atoms with Gasteiger partial charge in [-0.2, -0.15) is 0 Å². The first-order valence-corrected chi connectivity index (χ1v) is 8.28. The van der Waals surface area contributed by atoms with Gasteiger partial charge in [0.25, 0.3) is 0 Å². The Morgan fingerprint density at radius 1 is 1.04 bits per heavy atom. The van der Waals surface area contributed by atoms with Crippen LogP contribution in [0.3, 0.4) is 0 Å². The van der Waals surface area contributed by atoms with E-state index in [0.717, 1.165) is 31.2 Å². The number of primary amides is 1. The molecule has 2 aliphatic carbocycles. The van der Waals surface area contributed by atoms with Crippen molar-refractivity contribution >= 4 is 18.0 Å². The average molecular weight is 346 g/mol. The highest BCUT2D eigenvalue weighted by Gasteiger charge is 2.53. The highest BCUT2D eigenvalue weighted by atomic mass is 16.4. The number of carboxylic acid groups (broad SMARTS) is 1. The minimum absolute atomic E-state index is 0.0515. The molecule has 1 aromatic rings. The summed E-state index contributed by atoms with van der Waals surface area (Å²) in [6.07, 6.45) is 2.52. The Labute approximate surface area is 145 Å². The summed E-state index contributed by atoms with van der Waals surface area (Å²) in [7, 11) is 0. The molecule has 0 unspecified atom stereocenters. The van der Waals surface area contributed by atoms with Gasteiger partial charge in [-0.15, -0.1) is 0 Å². The number of carbonyl (C=O) groups is 3. The van der Waals surface area contributed by atoms with Gasteiger partial charge in [-0.3, -0.25) is 4.79 Å². The van der Waals surface area contributed by atoms with Gasteiger partial charge in [0.2, 0.25) is 5.91 Å². The Hall–Kier alpha value is -2.77. The fourth-order valence-electron chi connectivity index (χ4n) is 3.89. The molecule has 0 bridgehead atoms. The largest absolute Gasteiger partial charge is 0.465 e. The molecule has 4 amide bonds. The van der Waals surface area contributed by atoms with Crippen LogP contribution >= 0.6 is 0 Å². The molecular weight excluding hydrogens is 324 g/mol. The van der Waals surface area contributed by atoms with E-state index in [4.69, 9.17) is 10.8 Å². The molecule has 8 heteroatoms. The van der Waals surface area contributed by atoms with E-state index in [2.05, 4.69) is 16.0 Å². The van der Waals surface area contributed by atoms with Crippen LogP contribution in [0.15, 0.2) is 24.3 Å². The minimum Gasteiger partial charge on any atom is -0.465 e. The summed E-state index contributed by atoms with van der Waals surface area (Å²) >= 11 is 0. The first-order valence-electron chi connectivity index (χ1n) is 8.28. The van der Waals surface area contributed by atoms with Gasteiger partial charge in [0.15, 0.2) is 0 Å². The van der Waals surface area contributed by atoms with E-state index in [1.807, 2.05) is 0 Å². The molecule has 0 aromatic heterocycles. The van der Waals surface area contributed by atoms with Crippen molar-refractivity contribution in [3.8, 4) is 0 Å². The maximum atomic E-state index is 11.9. The first kappa shape index (κ1) is 17.1. The van der Waals surface area contributed by atoms with Crippen LogP contribution in [0.2, 0.25) is 0 Å². The smallest absolute Gasteiger partial charge is 0.404 e. The number of carbonyl (C=O) groups excluding carboxylic acids is 2. The van der Waals surface area contributed by atoms with Gasteiger partial charge in [-0.05, 0) is 48.8 Å². The van der Waals surface area contributed by atoms with Crippen LogP contribution in [0.1, 0.15) is 41.6 Å². The maximum Gasteiger partial charge on any atom is 0.404 e. The van der Waals surface area contributed by atoms with E-state index in [1.165, 1.54) is 0 Å². The molecule has 6 N–H and O–H groups in total. The topological polar surface area (TPSA) is 134 Å². The molecule has 1 aromatic carbocycles. The molecule has 134 valence electrons. The van der Waals surface area contributed by atoms with E-state index in [1.54, 1.807) is 24.3 Å². The van der Waals surface area contributed by atoms with Gasteiger partial charge in [0, 0.05) is 24.2 Å². The third-order valence-electron chi connectivity index (χ3n) is 5.07. The van der Waals surface area contributed by atoms with Crippen LogP contribution in [0.5, 0.6) is 0 Å². The van der Waals surface area contributed by atoms with Gasteiger partial charge in [-0.25, -0.2) is 9.59 Å². The summed E-state index contributed by atoms with van der Waals surface area (Å²) in [5.74, 6) is -0.479. The molecular formula is C17H22N4O4. The zero-order chi connectivity index (χ0) is 18.0. The number of nitrogens with one attached hydrogen (secondary N) is 3. The van der Waals surface area contributed by atoms with E-state index in [0.29, 0.717) is 12.1 Å². The highest BCUT2D eigenvalue weighted by Crippen LogP contribution is 2.55.